The van der Waals surface area contributed by atoms with Crippen LogP contribution in [-0.4, -0.2) is 29.0 Å². The van der Waals surface area contributed by atoms with Crippen LogP contribution in [0.15, 0.2) is 12.1 Å². The first-order chi connectivity index (χ1) is 9.47. The number of rotatable bonds is 6. The van der Waals surface area contributed by atoms with Crippen molar-refractivity contribution in [1.29, 1.82) is 0 Å². The van der Waals surface area contributed by atoms with E-state index in [0.29, 0.717) is 23.5 Å². The third kappa shape index (κ3) is 3.33. The van der Waals surface area contributed by atoms with E-state index in [0.717, 1.165) is 0 Å². The van der Waals surface area contributed by atoms with Gasteiger partial charge in [0.25, 0.3) is 0 Å². The highest BCUT2D eigenvalue weighted by Gasteiger charge is 2.21. The highest BCUT2D eigenvalue weighted by molar-refractivity contribution is 5.73. The van der Waals surface area contributed by atoms with Crippen molar-refractivity contribution in [3.8, 4) is 17.2 Å². The molecule has 1 aliphatic rings. The van der Waals surface area contributed by atoms with Gasteiger partial charge in [0.15, 0.2) is 11.5 Å². The zero-order valence-corrected chi connectivity index (χ0v) is 11.5. The van der Waals surface area contributed by atoms with Crippen molar-refractivity contribution in [2.75, 3.05) is 6.79 Å². The van der Waals surface area contributed by atoms with E-state index in [-0.39, 0.29) is 25.0 Å². The molecule has 0 saturated heterocycles. The van der Waals surface area contributed by atoms with Crippen LogP contribution in [-0.2, 0) is 11.3 Å². The van der Waals surface area contributed by atoms with Crippen LogP contribution in [0.2, 0.25) is 0 Å². The maximum absolute atomic E-state index is 11.2. The molecule has 0 amide bonds. The monoisotopic (exact) mass is 281 g/mol. The second-order valence-electron chi connectivity index (χ2n) is 5.24. The fourth-order valence-corrected chi connectivity index (χ4v) is 2.09. The van der Waals surface area contributed by atoms with Gasteiger partial charge in [-0.3, -0.25) is 4.79 Å². The summed E-state index contributed by atoms with van der Waals surface area (Å²) >= 11 is 0. The van der Waals surface area contributed by atoms with E-state index in [4.69, 9.17) is 14.6 Å². The molecule has 3 N–H and O–H groups in total. The third-order valence-corrected chi connectivity index (χ3v) is 3.12. The van der Waals surface area contributed by atoms with Gasteiger partial charge in [-0.2, -0.15) is 0 Å². The number of aliphatic carboxylic acids is 1. The molecule has 1 unspecified atom stereocenters. The Labute approximate surface area is 117 Å². The largest absolute Gasteiger partial charge is 0.507 e. The summed E-state index contributed by atoms with van der Waals surface area (Å²) in [7, 11) is 0. The van der Waals surface area contributed by atoms with Crippen molar-refractivity contribution < 1.29 is 24.5 Å². The summed E-state index contributed by atoms with van der Waals surface area (Å²) in [4.78, 5) is 11.2. The predicted octanol–water partition coefficient (Wildman–Crippen LogP) is 1.71. The SMILES string of the molecule is CC(C)CC(NCc1cc2c(cc1O)OCO2)C(=O)O. The molecule has 110 valence electrons. The number of phenols is 1. The number of nitrogens with one attached hydrogen (secondary N) is 1. The van der Waals surface area contributed by atoms with Gasteiger partial charge >= 0.3 is 5.97 Å². The van der Waals surface area contributed by atoms with Crippen molar-refractivity contribution >= 4 is 5.97 Å². The molecule has 0 fully saturated rings. The molecule has 0 bridgehead atoms. The molecular formula is C14H19NO5. The van der Waals surface area contributed by atoms with Crippen molar-refractivity contribution in [3.63, 3.8) is 0 Å². The Balaban J connectivity index is 2.04. The summed E-state index contributed by atoms with van der Waals surface area (Å²) in [5.41, 5.74) is 0.587. The van der Waals surface area contributed by atoms with Gasteiger partial charge < -0.3 is 25.0 Å². The van der Waals surface area contributed by atoms with Crippen LogP contribution < -0.4 is 14.8 Å². The van der Waals surface area contributed by atoms with Crippen LogP contribution in [0.5, 0.6) is 17.2 Å². The van der Waals surface area contributed by atoms with E-state index in [1.165, 1.54) is 6.07 Å². The Hall–Kier alpha value is -1.95. The van der Waals surface area contributed by atoms with E-state index in [2.05, 4.69) is 5.32 Å². The lowest BCUT2D eigenvalue weighted by Gasteiger charge is -2.17. The zero-order chi connectivity index (χ0) is 14.7. The van der Waals surface area contributed by atoms with Crippen molar-refractivity contribution in [3.05, 3.63) is 17.7 Å². The number of aromatic hydroxyl groups is 1. The summed E-state index contributed by atoms with van der Waals surface area (Å²) in [5.74, 6) is 0.516. The second kappa shape index (κ2) is 6.00. The topological polar surface area (TPSA) is 88.0 Å². The van der Waals surface area contributed by atoms with Crippen LogP contribution >= 0.6 is 0 Å². The molecule has 1 aromatic carbocycles. The van der Waals surface area contributed by atoms with Gasteiger partial charge in [0.05, 0.1) is 0 Å². The van der Waals surface area contributed by atoms with E-state index < -0.39 is 12.0 Å². The number of phenolic OH excluding ortho intramolecular Hbond substituents is 1. The fraction of sp³-hybridized carbons (Fsp3) is 0.500. The molecular weight excluding hydrogens is 262 g/mol. The number of carbonyl (C=O) groups is 1. The molecule has 1 heterocycles. The predicted molar refractivity (Wildman–Crippen MR) is 71.9 cm³/mol. The minimum Gasteiger partial charge on any atom is -0.507 e. The Bertz CT molecular complexity index is 501. The smallest absolute Gasteiger partial charge is 0.320 e. The maximum Gasteiger partial charge on any atom is 0.320 e. The number of carboxylic acid groups (broad SMARTS) is 1. The van der Waals surface area contributed by atoms with Gasteiger partial charge in [0, 0.05) is 18.2 Å². The zero-order valence-electron chi connectivity index (χ0n) is 11.5. The number of hydrogen-bond donors (Lipinski definition) is 3. The maximum atomic E-state index is 11.2. The molecule has 0 spiro atoms. The van der Waals surface area contributed by atoms with E-state index in [1.807, 2.05) is 13.8 Å². The lowest BCUT2D eigenvalue weighted by Crippen LogP contribution is -2.37. The Morgan fingerprint density at radius 2 is 2.00 bits per heavy atom. The molecule has 20 heavy (non-hydrogen) atoms. The molecule has 0 aliphatic carbocycles. The van der Waals surface area contributed by atoms with Crippen LogP contribution in [0.3, 0.4) is 0 Å². The highest BCUT2D eigenvalue weighted by atomic mass is 16.7. The quantitative estimate of drug-likeness (QED) is 0.735. The minimum atomic E-state index is -0.890. The number of carboxylic acids is 1. The van der Waals surface area contributed by atoms with Gasteiger partial charge in [-0.15, -0.1) is 0 Å². The van der Waals surface area contributed by atoms with Crippen LogP contribution in [0.1, 0.15) is 25.8 Å². The summed E-state index contributed by atoms with van der Waals surface area (Å²) in [6, 6.07) is 2.51. The molecule has 6 heteroatoms. The van der Waals surface area contributed by atoms with Gasteiger partial charge in [0.1, 0.15) is 11.8 Å². The number of fused-ring (bicyclic) bond motifs is 1. The Morgan fingerprint density at radius 1 is 1.35 bits per heavy atom. The minimum absolute atomic E-state index is 0.0652. The summed E-state index contributed by atoms with van der Waals surface area (Å²) < 4.78 is 10.4. The fourth-order valence-electron chi connectivity index (χ4n) is 2.09. The average molecular weight is 281 g/mol. The number of ether oxygens (including phenoxy) is 2. The first-order valence-electron chi connectivity index (χ1n) is 6.55. The van der Waals surface area contributed by atoms with Gasteiger partial charge in [-0.25, -0.2) is 0 Å². The first-order valence-corrected chi connectivity index (χ1v) is 6.55. The molecule has 1 aliphatic heterocycles. The summed E-state index contributed by atoms with van der Waals surface area (Å²) in [6.07, 6.45) is 0.528. The standard InChI is InChI=1S/C14H19NO5/c1-8(2)3-10(14(17)18)15-6-9-4-12-13(5-11(9)16)20-7-19-12/h4-5,8,10,15-16H,3,6-7H2,1-2H3,(H,17,18). The Kier molecular flexibility index (Phi) is 4.34. The second-order valence-corrected chi connectivity index (χ2v) is 5.24. The van der Waals surface area contributed by atoms with Gasteiger partial charge in [-0.05, 0) is 18.4 Å². The van der Waals surface area contributed by atoms with Crippen LogP contribution in [0, 0.1) is 5.92 Å². The molecule has 1 aromatic rings. The highest BCUT2D eigenvalue weighted by Crippen LogP contribution is 2.37. The average Bonchev–Trinajstić information content (AvgIpc) is 2.80. The van der Waals surface area contributed by atoms with Gasteiger partial charge in [0.2, 0.25) is 6.79 Å². The van der Waals surface area contributed by atoms with Crippen molar-refractivity contribution in [1.82, 2.24) is 5.32 Å². The van der Waals surface area contributed by atoms with Crippen molar-refractivity contribution in [2.24, 2.45) is 5.92 Å². The van der Waals surface area contributed by atoms with E-state index in [9.17, 15) is 9.90 Å². The molecule has 1 atom stereocenters. The third-order valence-electron chi connectivity index (χ3n) is 3.12. The summed E-state index contributed by atoms with van der Waals surface area (Å²) in [5, 5.41) is 22.0. The van der Waals surface area contributed by atoms with E-state index in [1.54, 1.807) is 6.07 Å². The molecule has 0 aromatic heterocycles. The summed E-state index contributed by atoms with van der Waals surface area (Å²) in [6.45, 7) is 4.33. The number of benzene rings is 1. The Morgan fingerprint density at radius 3 is 2.60 bits per heavy atom. The molecule has 0 saturated carbocycles. The first kappa shape index (κ1) is 14.5. The normalized spacial score (nSPS) is 14.6. The molecule has 2 rings (SSSR count). The van der Waals surface area contributed by atoms with Crippen molar-refractivity contribution in [2.45, 2.75) is 32.9 Å². The lowest BCUT2D eigenvalue weighted by molar-refractivity contribution is -0.140. The van der Waals surface area contributed by atoms with Gasteiger partial charge in [-0.1, -0.05) is 13.8 Å². The van der Waals surface area contributed by atoms with Crippen LogP contribution in [0.25, 0.3) is 0 Å². The molecule has 0 radical (unpaired) electrons. The number of hydrogen-bond acceptors (Lipinski definition) is 5. The van der Waals surface area contributed by atoms with Crippen LogP contribution in [0.4, 0.5) is 0 Å². The molecule has 6 nitrogen and oxygen atoms in total. The lowest BCUT2D eigenvalue weighted by atomic mass is 10.0. The van der Waals surface area contributed by atoms with E-state index >= 15 is 0 Å².